The Morgan fingerprint density at radius 2 is 2.00 bits per heavy atom. The molecule has 0 saturated heterocycles. The summed E-state index contributed by atoms with van der Waals surface area (Å²) in [6.07, 6.45) is 2.54. The summed E-state index contributed by atoms with van der Waals surface area (Å²) in [4.78, 5) is 16.3. The first kappa shape index (κ1) is 16.8. The zero-order valence-corrected chi connectivity index (χ0v) is 14.4. The average molecular weight is 339 g/mol. The summed E-state index contributed by atoms with van der Waals surface area (Å²) in [7, 11) is 3.54. The number of rotatable bonds is 7. The Morgan fingerprint density at radius 1 is 1.20 bits per heavy atom. The second-order valence-corrected chi connectivity index (χ2v) is 5.72. The third kappa shape index (κ3) is 4.09. The van der Waals surface area contributed by atoms with Gasteiger partial charge >= 0.3 is 0 Å². The first-order chi connectivity index (χ1) is 12.2. The highest BCUT2D eigenvalue weighted by atomic mass is 16.5. The van der Waals surface area contributed by atoms with E-state index in [9.17, 15) is 4.79 Å². The Bertz CT molecular complexity index is 873. The maximum absolute atomic E-state index is 11.9. The summed E-state index contributed by atoms with van der Waals surface area (Å²) >= 11 is 0. The van der Waals surface area contributed by atoms with Crippen LogP contribution in [0.1, 0.15) is 5.56 Å². The molecule has 6 nitrogen and oxygen atoms in total. The van der Waals surface area contributed by atoms with Gasteiger partial charge in [0.15, 0.2) is 18.1 Å². The van der Waals surface area contributed by atoms with E-state index in [0.29, 0.717) is 18.0 Å². The number of ether oxygens (including phenoxy) is 2. The number of nitrogens with one attached hydrogen (secondary N) is 1. The van der Waals surface area contributed by atoms with Gasteiger partial charge in [-0.3, -0.25) is 4.79 Å². The molecule has 1 heterocycles. The molecule has 2 aromatic carbocycles. The monoisotopic (exact) mass is 339 g/mol. The first-order valence-electron chi connectivity index (χ1n) is 8.10. The molecule has 0 aliphatic heterocycles. The second-order valence-electron chi connectivity index (χ2n) is 5.72. The quantitative estimate of drug-likeness (QED) is 0.717. The number of carbonyl (C=O) groups is 1. The standard InChI is InChI=1S/C19H21N3O3/c1-22-13-21-15-11-14(7-8-16(15)22)9-10-20-19(23)12-25-18-6-4-3-5-17(18)24-2/h3-8,11,13H,9-10,12H2,1-2H3,(H,20,23). The summed E-state index contributed by atoms with van der Waals surface area (Å²) < 4.78 is 12.7. The van der Waals surface area contributed by atoms with Crippen LogP contribution in [0.25, 0.3) is 11.0 Å². The van der Waals surface area contributed by atoms with E-state index in [1.807, 2.05) is 35.9 Å². The minimum atomic E-state index is -0.162. The number of para-hydroxylation sites is 2. The molecular weight excluding hydrogens is 318 g/mol. The van der Waals surface area contributed by atoms with Crippen molar-refractivity contribution in [3.05, 3.63) is 54.4 Å². The van der Waals surface area contributed by atoms with Gasteiger partial charge in [-0.05, 0) is 36.2 Å². The molecule has 0 spiro atoms. The molecule has 1 aromatic heterocycles. The average Bonchev–Trinajstić information content (AvgIpc) is 3.00. The molecule has 6 heteroatoms. The second kappa shape index (κ2) is 7.70. The van der Waals surface area contributed by atoms with Crippen LogP contribution in [0.15, 0.2) is 48.8 Å². The summed E-state index contributed by atoms with van der Waals surface area (Å²) in [5, 5.41) is 2.86. The lowest BCUT2D eigenvalue weighted by atomic mass is 10.1. The molecule has 0 fully saturated rings. The highest BCUT2D eigenvalue weighted by molar-refractivity contribution is 5.78. The third-order valence-corrected chi connectivity index (χ3v) is 3.95. The molecule has 0 radical (unpaired) electrons. The number of hydrogen-bond acceptors (Lipinski definition) is 4. The Labute approximate surface area is 146 Å². The molecule has 25 heavy (non-hydrogen) atoms. The van der Waals surface area contributed by atoms with Gasteiger partial charge in [-0.2, -0.15) is 0 Å². The summed E-state index contributed by atoms with van der Waals surface area (Å²) in [5.74, 6) is 1.00. The summed E-state index contributed by atoms with van der Waals surface area (Å²) in [5.41, 5.74) is 3.20. The normalized spacial score (nSPS) is 10.6. The van der Waals surface area contributed by atoms with Gasteiger partial charge in [0, 0.05) is 13.6 Å². The number of fused-ring (bicyclic) bond motifs is 1. The van der Waals surface area contributed by atoms with Crippen LogP contribution < -0.4 is 14.8 Å². The van der Waals surface area contributed by atoms with E-state index in [1.54, 1.807) is 25.6 Å². The zero-order valence-electron chi connectivity index (χ0n) is 14.4. The van der Waals surface area contributed by atoms with Gasteiger partial charge in [-0.15, -0.1) is 0 Å². The van der Waals surface area contributed by atoms with E-state index < -0.39 is 0 Å². The minimum Gasteiger partial charge on any atom is -0.493 e. The maximum Gasteiger partial charge on any atom is 0.257 e. The largest absolute Gasteiger partial charge is 0.493 e. The number of imidazole rings is 1. The van der Waals surface area contributed by atoms with Gasteiger partial charge in [0.1, 0.15) is 0 Å². The molecule has 0 saturated carbocycles. The predicted molar refractivity (Wildman–Crippen MR) is 95.9 cm³/mol. The number of carbonyl (C=O) groups excluding carboxylic acids is 1. The number of benzene rings is 2. The van der Waals surface area contributed by atoms with Crippen molar-refractivity contribution >= 4 is 16.9 Å². The van der Waals surface area contributed by atoms with Crippen molar-refractivity contribution in [2.24, 2.45) is 7.05 Å². The summed E-state index contributed by atoms with van der Waals surface area (Å²) in [6.45, 7) is 0.506. The van der Waals surface area contributed by atoms with Gasteiger partial charge in [-0.25, -0.2) is 4.98 Å². The van der Waals surface area contributed by atoms with Gasteiger partial charge in [0.05, 0.1) is 24.5 Å². The van der Waals surface area contributed by atoms with E-state index in [0.717, 1.165) is 23.0 Å². The third-order valence-electron chi connectivity index (χ3n) is 3.95. The zero-order chi connectivity index (χ0) is 17.6. The van der Waals surface area contributed by atoms with Crippen LogP contribution in [-0.2, 0) is 18.3 Å². The van der Waals surface area contributed by atoms with Crippen molar-refractivity contribution in [1.82, 2.24) is 14.9 Å². The van der Waals surface area contributed by atoms with Crippen LogP contribution in [0, 0.1) is 0 Å². The van der Waals surface area contributed by atoms with Gasteiger partial charge in [0.25, 0.3) is 5.91 Å². The Morgan fingerprint density at radius 3 is 2.80 bits per heavy atom. The molecule has 0 aliphatic rings. The number of hydrogen-bond donors (Lipinski definition) is 1. The van der Waals surface area contributed by atoms with Gasteiger partial charge in [-0.1, -0.05) is 18.2 Å². The molecule has 1 amide bonds. The van der Waals surface area contributed by atoms with Crippen LogP contribution in [0.3, 0.4) is 0 Å². The lowest BCUT2D eigenvalue weighted by molar-refractivity contribution is -0.123. The van der Waals surface area contributed by atoms with Gasteiger partial charge < -0.3 is 19.4 Å². The Balaban J connectivity index is 1.47. The number of amides is 1. The fourth-order valence-electron chi connectivity index (χ4n) is 2.62. The van der Waals surface area contributed by atoms with Crippen molar-refractivity contribution in [1.29, 1.82) is 0 Å². The molecule has 130 valence electrons. The van der Waals surface area contributed by atoms with E-state index in [2.05, 4.69) is 16.4 Å². The van der Waals surface area contributed by atoms with E-state index >= 15 is 0 Å². The van der Waals surface area contributed by atoms with Gasteiger partial charge in [0.2, 0.25) is 0 Å². The molecule has 3 aromatic rings. The van der Waals surface area contributed by atoms with Crippen LogP contribution in [0.2, 0.25) is 0 Å². The van der Waals surface area contributed by atoms with Crippen LogP contribution in [0.5, 0.6) is 11.5 Å². The molecule has 3 rings (SSSR count). The molecule has 0 bridgehead atoms. The van der Waals surface area contributed by atoms with Crippen molar-refractivity contribution < 1.29 is 14.3 Å². The fourth-order valence-corrected chi connectivity index (χ4v) is 2.62. The van der Waals surface area contributed by atoms with Crippen molar-refractivity contribution in [3.63, 3.8) is 0 Å². The Hall–Kier alpha value is -3.02. The van der Waals surface area contributed by atoms with Crippen molar-refractivity contribution in [2.75, 3.05) is 20.3 Å². The molecule has 0 unspecified atom stereocenters. The number of nitrogens with zero attached hydrogens (tertiary/aromatic N) is 2. The molecule has 0 atom stereocenters. The maximum atomic E-state index is 11.9. The number of aromatic nitrogens is 2. The highest BCUT2D eigenvalue weighted by Crippen LogP contribution is 2.25. The van der Waals surface area contributed by atoms with Crippen LogP contribution >= 0.6 is 0 Å². The van der Waals surface area contributed by atoms with Crippen molar-refractivity contribution in [3.8, 4) is 11.5 Å². The van der Waals surface area contributed by atoms with E-state index in [4.69, 9.17) is 9.47 Å². The minimum absolute atomic E-state index is 0.0420. The van der Waals surface area contributed by atoms with E-state index in [1.165, 1.54) is 0 Å². The molecule has 1 N–H and O–H groups in total. The number of methoxy groups -OCH3 is 1. The first-order valence-corrected chi connectivity index (χ1v) is 8.10. The molecular formula is C19H21N3O3. The molecule has 0 aliphatic carbocycles. The summed E-state index contributed by atoms with van der Waals surface area (Å²) in [6, 6.07) is 13.4. The smallest absolute Gasteiger partial charge is 0.257 e. The lowest BCUT2D eigenvalue weighted by Gasteiger charge is -2.10. The van der Waals surface area contributed by atoms with Crippen LogP contribution in [0.4, 0.5) is 0 Å². The van der Waals surface area contributed by atoms with Crippen LogP contribution in [-0.4, -0.2) is 35.7 Å². The fraction of sp³-hybridized carbons (Fsp3) is 0.263. The lowest BCUT2D eigenvalue weighted by Crippen LogP contribution is -2.30. The highest BCUT2D eigenvalue weighted by Gasteiger charge is 2.07. The SMILES string of the molecule is COc1ccccc1OCC(=O)NCCc1ccc2c(c1)ncn2C. The van der Waals surface area contributed by atoms with E-state index in [-0.39, 0.29) is 12.5 Å². The topological polar surface area (TPSA) is 65.4 Å². The predicted octanol–water partition coefficient (Wildman–Crippen LogP) is 2.32. The van der Waals surface area contributed by atoms with Crippen molar-refractivity contribution in [2.45, 2.75) is 6.42 Å². The Kier molecular flexibility index (Phi) is 5.18. The number of aryl methyl sites for hydroxylation is 1.